The highest BCUT2D eigenvalue weighted by Gasteiger charge is 1.80. The molecule has 0 aromatic carbocycles. The summed E-state index contributed by atoms with van der Waals surface area (Å²) in [5.74, 6) is 1.77. The van der Waals surface area contributed by atoms with Crippen LogP contribution in [0.1, 0.15) is 68.2 Å². The topological polar surface area (TPSA) is 9.23 Å². The first-order valence-corrected chi connectivity index (χ1v) is 6.34. The monoisotopic (exact) mass is 218 g/mol. The van der Waals surface area contributed by atoms with Gasteiger partial charge in [0, 0.05) is 7.11 Å². The van der Waals surface area contributed by atoms with Gasteiger partial charge in [-0.15, -0.1) is 0 Å². The van der Waals surface area contributed by atoms with Crippen LogP contribution in [-0.2, 0) is 4.74 Å². The number of rotatable bonds is 3. The molecule has 96 valence electrons. The minimum absolute atomic E-state index is 0.384. The van der Waals surface area contributed by atoms with E-state index < -0.39 is 0 Å². The summed E-state index contributed by atoms with van der Waals surface area (Å²) in [5, 5.41) is 0. The smallest absolute Gasteiger partial charge is 0.0515 e. The Kier molecular flexibility index (Phi) is 22.3. The van der Waals surface area contributed by atoms with Gasteiger partial charge < -0.3 is 4.74 Å². The van der Waals surface area contributed by atoms with Crippen LogP contribution in [0.15, 0.2) is 0 Å². The normalized spacial score (nSPS) is 9.60. The lowest BCUT2D eigenvalue weighted by Crippen LogP contribution is -1.94. The zero-order chi connectivity index (χ0) is 12.9. The Bertz CT molecular complexity index is 66.3. The largest absolute Gasteiger partial charge is 0.382 e. The number of hydrogen-bond acceptors (Lipinski definition) is 1. The molecule has 0 unspecified atom stereocenters. The maximum atomic E-state index is 4.75. The highest BCUT2D eigenvalue weighted by atomic mass is 16.5. The van der Waals surface area contributed by atoms with E-state index in [1.54, 1.807) is 7.11 Å². The van der Waals surface area contributed by atoms with Gasteiger partial charge in [0.25, 0.3) is 0 Å². The lowest BCUT2D eigenvalue weighted by molar-refractivity contribution is 0.134. The van der Waals surface area contributed by atoms with Crippen molar-refractivity contribution >= 4 is 0 Å². The SMILES string of the molecule is CCC(C)C.CCC(C)C.COC(C)C. The fourth-order valence-corrected chi connectivity index (χ4v) is 0. The zero-order valence-electron chi connectivity index (χ0n) is 12.6. The summed E-state index contributed by atoms with van der Waals surface area (Å²) in [6.07, 6.45) is 3.00. The Balaban J connectivity index is -0.000000144. The lowest BCUT2D eigenvalue weighted by Gasteiger charge is -1.94. The van der Waals surface area contributed by atoms with Crippen molar-refractivity contribution in [3.8, 4) is 0 Å². The Morgan fingerprint density at radius 3 is 0.867 bits per heavy atom. The van der Waals surface area contributed by atoms with Crippen LogP contribution in [0, 0.1) is 11.8 Å². The molecule has 0 aliphatic carbocycles. The van der Waals surface area contributed by atoms with Crippen LogP contribution < -0.4 is 0 Å². The summed E-state index contributed by atoms with van der Waals surface area (Å²) in [6.45, 7) is 17.3. The lowest BCUT2D eigenvalue weighted by atomic mass is 10.2. The summed E-state index contributed by atoms with van der Waals surface area (Å²) in [7, 11) is 1.70. The van der Waals surface area contributed by atoms with E-state index in [0.717, 1.165) is 11.8 Å². The number of hydrogen-bond donors (Lipinski definition) is 0. The Morgan fingerprint density at radius 2 is 0.867 bits per heavy atom. The predicted octanol–water partition coefficient (Wildman–Crippen LogP) is 5.15. The van der Waals surface area contributed by atoms with E-state index in [2.05, 4.69) is 41.5 Å². The third kappa shape index (κ3) is 56.2. The molecule has 0 aromatic rings. The van der Waals surface area contributed by atoms with E-state index in [1.807, 2.05) is 13.8 Å². The molecule has 15 heavy (non-hydrogen) atoms. The van der Waals surface area contributed by atoms with E-state index in [0.29, 0.717) is 6.10 Å². The number of methoxy groups -OCH3 is 1. The summed E-state index contributed by atoms with van der Waals surface area (Å²) < 4.78 is 4.75. The Hall–Kier alpha value is -0.0400. The average Bonchev–Trinajstić information content (AvgIpc) is 2.19. The number of ether oxygens (including phenoxy) is 1. The third-order valence-corrected chi connectivity index (χ3v) is 2.10. The van der Waals surface area contributed by atoms with Gasteiger partial charge in [0.15, 0.2) is 0 Å². The first-order chi connectivity index (χ1) is 6.81. The second-order valence-electron chi connectivity index (χ2n) is 4.89. The highest BCUT2D eigenvalue weighted by molar-refractivity contribution is 4.33. The van der Waals surface area contributed by atoms with Crippen LogP contribution in [-0.4, -0.2) is 13.2 Å². The van der Waals surface area contributed by atoms with Gasteiger partial charge in [-0.25, -0.2) is 0 Å². The average molecular weight is 218 g/mol. The molecule has 0 fully saturated rings. The van der Waals surface area contributed by atoms with Crippen molar-refractivity contribution in [1.82, 2.24) is 0 Å². The maximum Gasteiger partial charge on any atom is 0.0515 e. The Morgan fingerprint density at radius 1 is 0.733 bits per heavy atom. The van der Waals surface area contributed by atoms with E-state index in [-0.39, 0.29) is 0 Å². The fraction of sp³-hybridized carbons (Fsp3) is 1.00. The van der Waals surface area contributed by atoms with Crippen molar-refractivity contribution < 1.29 is 4.74 Å². The predicted molar refractivity (Wildman–Crippen MR) is 72.4 cm³/mol. The molecule has 0 aromatic heterocycles. The highest BCUT2D eigenvalue weighted by Crippen LogP contribution is 1.94. The molecular weight excluding hydrogens is 184 g/mol. The van der Waals surface area contributed by atoms with Crippen LogP contribution in [0.5, 0.6) is 0 Å². The molecule has 0 spiro atoms. The molecule has 0 aliphatic rings. The van der Waals surface area contributed by atoms with Crippen molar-refractivity contribution in [1.29, 1.82) is 0 Å². The summed E-state index contributed by atoms with van der Waals surface area (Å²) in [6, 6.07) is 0. The van der Waals surface area contributed by atoms with Crippen molar-refractivity contribution in [3.05, 3.63) is 0 Å². The second kappa shape index (κ2) is 16.4. The van der Waals surface area contributed by atoms with Crippen LogP contribution in [0.25, 0.3) is 0 Å². The van der Waals surface area contributed by atoms with Gasteiger partial charge in [0.05, 0.1) is 6.10 Å². The fourth-order valence-electron chi connectivity index (χ4n) is 0. The molecule has 0 bridgehead atoms. The molecule has 0 heterocycles. The molecule has 0 rings (SSSR count). The van der Waals surface area contributed by atoms with Crippen molar-refractivity contribution in [2.45, 2.75) is 74.3 Å². The molecule has 1 nitrogen and oxygen atoms in total. The standard InChI is InChI=1S/2C5H12.C4H10O/c2*1-4-5(2)3;1-4(2)5-3/h2*5H,4H2,1-3H3;4H,1-3H3. The molecule has 0 amide bonds. The van der Waals surface area contributed by atoms with Crippen LogP contribution in [0.4, 0.5) is 0 Å². The van der Waals surface area contributed by atoms with Crippen molar-refractivity contribution in [2.24, 2.45) is 11.8 Å². The van der Waals surface area contributed by atoms with Crippen molar-refractivity contribution in [3.63, 3.8) is 0 Å². The molecule has 0 aliphatic heterocycles. The molecule has 0 N–H and O–H groups in total. The molecule has 0 radical (unpaired) electrons. The van der Waals surface area contributed by atoms with Crippen LogP contribution >= 0.6 is 0 Å². The molecule has 1 heteroatoms. The van der Waals surface area contributed by atoms with Gasteiger partial charge in [-0.2, -0.15) is 0 Å². The van der Waals surface area contributed by atoms with Gasteiger partial charge in [-0.05, 0) is 25.7 Å². The van der Waals surface area contributed by atoms with E-state index in [9.17, 15) is 0 Å². The zero-order valence-corrected chi connectivity index (χ0v) is 12.6. The first-order valence-electron chi connectivity index (χ1n) is 6.34. The van der Waals surface area contributed by atoms with Gasteiger partial charge >= 0.3 is 0 Å². The molecular formula is C14H34O. The van der Waals surface area contributed by atoms with Gasteiger partial charge in [0.1, 0.15) is 0 Å². The second-order valence-corrected chi connectivity index (χ2v) is 4.89. The molecule has 0 atom stereocenters. The molecule has 0 saturated heterocycles. The Labute approximate surface area is 98.6 Å². The minimum Gasteiger partial charge on any atom is -0.382 e. The van der Waals surface area contributed by atoms with Crippen LogP contribution in [0.3, 0.4) is 0 Å². The van der Waals surface area contributed by atoms with Gasteiger partial charge in [-0.3, -0.25) is 0 Å². The molecule has 0 saturated carbocycles. The minimum atomic E-state index is 0.384. The summed E-state index contributed by atoms with van der Waals surface area (Å²) in [5.41, 5.74) is 0. The van der Waals surface area contributed by atoms with E-state index >= 15 is 0 Å². The van der Waals surface area contributed by atoms with Crippen molar-refractivity contribution in [2.75, 3.05) is 7.11 Å². The van der Waals surface area contributed by atoms with Gasteiger partial charge in [0.2, 0.25) is 0 Å². The quantitative estimate of drug-likeness (QED) is 0.637. The third-order valence-electron chi connectivity index (χ3n) is 2.10. The first kappa shape index (κ1) is 20.4. The maximum absolute atomic E-state index is 4.75. The van der Waals surface area contributed by atoms with E-state index in [1.165, 1.54) is 12.8 Å². The van der Waals surface area contributed by atoms with Gasteiger partial charge in [-0.1, -0.05) is 54.4 Å². The van der Waals surface area contributed by atoms with Crippen LogP contribution in [0.2, 0.25) is 0 Å². The summed E-state index contributed by atoms with van der Waals surface area (Å²) >= 11 is 0. The summed E-state index contributed by atoms with van der Waals surface area (Å²) in [4.78, 5) is 0. The van der Waals surface area contributed by atoms with E-state index in [4.69, 9.17) is 4.74 Å².